The van der Waals surface area contributed by atoms with Crippen molar-refractivity contribution >= 4 is 52.5 Å². The highest BCUT2D eigenvalue weighted by Crippen LogP contribution is 2.20. The predicted octanol–water partition coefficient (Wildman–Crippen LogP) is 12.7. The van der Waals surface area contributed by atoms with Gasteiger partial charge in [0, 0.05) is 19.3 Å². The molecule has 0 bridgehead atoms. The molecule has 0 aromatic heterocycles. The molecule has 416 valence electrons. The van der Waals surface area contributed by atoms with Crippen LogP contribution in [0.1, 0.15) is 187 Å². The van der Waals surface area contributed by atoms with Gasteiger partial charge in [-0.25, -0.2) is 14.4 Å². The summed E-state index contributed by atoms with van der Waals surface area (Å²) in [5, 5.41) is 26.9. The fraction of sp³-hybridized carbons (Fsp3) is 0.476. The SMILES string of the molecule is C=C(C(=O)OCCCCCCCCCC(=O)OCC(COC(=O)CCCCCCCCCOC(=O)C(=C)c1ccc(C#N)cc1)OC(=O)CCCCCCCCCOC(=O)C(=C)c1ccc(C#N)cc1)c1ccc(C#N)cc1. The monoisotopic (exact) mass is 1070 g/mol. The zero-order chi connectivity index (χ0) is 56.6. The maximum Gasteiger partial charge on any atom is 0.338 e. The first kappa shape index (κ1) is 64.5. The fourth-order valence-corrected chi connectivity index (χ4v) is 7.99. The normalized spacial score (nSPS) is 10.5. The van der Waals surface area contributed by atoms with Gasteiger partial charge in [0.2, 0.25) is 0 Å². The Hall–Kier alpha value is -7.83. The van der Waals surface area contributed by atoms with Crippen LogP contribution in [0.4, 0.5) is 0 Å². The second-order valence-corrected chi connectivity index (χ2v) is 19.1. The Morgan fingerprint density at radius 1 is 0.346 bits per heavy atom. The zero-order valence-corrected chi connectivity index (χ0v) is 45.4. The highest BCUT2D eigenvalue weighted by molar-refractivity contribution is 6.16. The van der Waals surface area contributed by atoms with E-state index in [0.717, 1.165) is 109 Å². The summed E-state index contributed by atoms with van der Waals surface area (Å²) in [5.74, 6) is -2.77. The minimum atomic E-state index is -0.942. The standard InChI is InChI=1S/C63H77N3O12/c1-48(54-34-28-51(43-64)29-35-54)61(70)73-40-22-16-10-4-7-13-19-25-58(67)76-46-57(78-60(69)27-21-15-9-6-12-18-24-42-75-63(72)50(3)56-38-32-53(45-66)33-39-56)47-77-59(68)26-20-14-8-5-11-17-23-41-74-62(71)49(2)55-36-30-52(44-65)31-37-55/h28-39,57H,1-27,40-42,46-47H2. The molecular formula is C63H77N3O12. The topological polar surface area (TPSA) is 229 Å². The number of nitrogens with zero attached hydrogens (tertiary/aromatic N) is 3. The molecule has 3 rings (SSSR count). The number of benzene rings is 3. The smallest absolute Gasteiger partial charge is 0.338 e. The van der Waals surface area contributed by atoms with Gasteiger partial charge in [0.15, 0.2) is 6.10 Å². The molecule has 0 atom stereocenters. The summed E-state index contributed by atoms with van der Waals surface area (Å²) in [4.78, 5) is 75.4. The first-order valence-electron chi connectivity index (χ1n) is 27.5. The van der Waals surface area contributed by atoms with Crippen molar-refractivity contribution in [1.82, 2.24) is 0 Å². The molecule has 0 spiro atoms. The Morgan fingerprint density at radius 2 is 0.590 bits per heavy atom. The number of rotatable bonds is 41. The Labute approximate surface area is 461 Å². The van der Waals surface area contributed by atoms with Crippen LogP contribution in [0.2, 0.25) is 0 Å². The molecule has 0 radical (unpaired) electrons. The van der Waals surface area contributed by atoms with Gasteiger partial charge in [-0.2, -0.15) is 15.8 Å². The number of carbonyl (C=O) groups is 6. The number of hydrogen-bond donors (Lipinski definition) is 0. The van der Waals surface area contributed by atoms with Gasteiger partial charge in [-0.1, -0.05) is 152 Å². The summed E-state index contributed by atoms with van der Waals surface area (Å²) < 4.78 is 32.7. The van der Waals surface area contributed by atoms with Gasteiger partial charge in [0.1, 0.15) is 13.2 Å². The van der Waals surface area contributed by atoms with Crippen molar-refractivity contribution in [3.05, 3.63) is 126 Å². The minimum absolute atomic E-state index is 0.166. The summed E-state index contributed by atoms with van der Waals surface area (Å²) in [6.07, 6.45) is 17.3. The van der Waals surface area contributed by atoms with E-state index in [1.807, 2.05) is 18.2 Å². The van der Waals surface area contributed by atoms with Crippen molar-refractivity contribution in [2.75, 3.05) is 33.0 Å². The van der Waals surface area contributed by atoms with Gasteiger partial charge in [0.05, 0.1) is 71.4 Å². The van der Waals surface area contributed by atoms with Gasteiger partial charge in [0.25, 0.3) is 0 Å². The van der Waals surface area contributed by atoms with E-state index in [4.69, 9.17) is 44.2 Å². The van der Waals surface area contributed by atoms with Crippen LogP contribution in [-0.2, 0) is 57.2 Å². The Bertz CT molecular complexity index is 2400. The first-order chi connectivity index (χ1) is 37.8. The number of hydrogen-bond acceptors (Lipinski definition) is 15. The molecule has 0 heterocycles. The number of esters is 6. The highest BCUT2D eigenvalue weighted by Gasteiger charge is 2.20. The third-order valence-electron chi connectivity index (χ3n) is 12.8. The van der Waals surface area contributed by atoms with Crippen LogP contribution in [0.3, 0.4) is 0 Å². The zero-order valence-electron chi connectivity index (χ0n) is 45.4. The third kappa shape index (κ3) is 27.8. The van der Waals surface area contributed by atoms with Gasteiger partial charge >= 0.3 is 35.8 Å². The summed E-state index contributed by atoms with van der Waals surface area (Å²) in [6.45, 7) is 11.8. The molecule has 15 heteroatoms. The van der Waals surface area contributed by atoms with Crippen LogP contribution >= 0.6 is 0 Å². The molecule has 0 unspecified atom stereocenters. The largest absolute Gasteiger partial charge is 0.462 e. The molecule has 0 fully saturated rings. The van der Waals surface area contributed by atoms with Crippen molar-refractivity contribution in [1.29, 1.82) is 15.8 Å². The second-order valence-electron chi connectivity index (χ2n) is 19.1. The summed E-state index contributed by atoms with van der Waals surface area (Å²) in [7, 11) is 0. The molecule has 0 N–H and O–H groups in total. The lowest BCUT2D eigenvalue weighted by Gasteiger charge is -2.18. The minimum Gasteiger partial charge on any atom is -0.462 e. The number of carbonyl (C=O) groups excluding carboxylic acids is 6. The van der Waals surface area contributed by atoms with Gasteiger partial charge in [-0.05, 0) is 91.6 Å². The lowest BCUT2D eigenvalue weighted by atomic mass is 10.1. The van der Waals surface area contributed by atoms with Crippen molar-refractivity contribution in [2.24, 2.45) is 0 Å². The quantitative estimate of drug-likeness (QED) is 0.0223. The molecule has 0 aliphatic rings. The first-order valence-corrected chi connectivity index (χ1v) is 27.5. The molecule has 0 aliphatic heterocycles. The number of unbranched alkanes of at least 4 members (excludes halogenated alkanes) is 18. The molecule has 0 aliphatic carbocycles. The molecule has 3 aromatic carbocycles. The highest BCUT2D eigenvalue weighted by atomic mass is 16.6. The number of ether oxygens (including phenoxy) is 6. The average Bonchev–Trinajstić information content (AvgIpc) is 3.46. The number of nitriles is 3. The lowest BCUT2D eigenvalue weighted by molar-refractivity contribution is -0.167. The second kappa shape index (κ2) is 39.5. The van der Waals surface area contributed by atoms with E-state index in [2.05, 4.69) is 19.7 Å². The van der Waals surface area contributed by atoms with E-state index < -0.39 is 41.9 Å². The molecule has 3 aromatic rings. The summed E-state index contributed by atoms with van der Waals surface area (Å²) in [5.41, 5.74) is 4.07. The van der Waals surface area contributed by atoms with Crippen LogP contribution in [0.15, 0.2) is 92.5 Å². The molecule has 78 heavy (non-hydrogen) atoms. The Morgan fingerprint density at radius 3 is 0.859 bits per heavy atom. The van der Waals surface area contributed by atoms with E-state index in [-0.39, 0.29) is 69.0 Å². The molecule has 15 nitrogen and oxygen atoms in total. The maximum atomic E-state index is 12.9. The summed E-state index contributed by atoms with van der Waals surface area (Å²) in [6, 6.07) is 25.9. The predicted molar refractivity (Wildman–Crippen MR) is 296 cm³/mol. The van der Waals surface area contributed by atoms with Crippen molar-refractivity contribution in [3.63, 3.8) is 0 Å². The molecule has 0 amide bonds. The maximum absolute atomic E-state index is 12.9. The van der Waals surface area contributed by atoms with Crippen LogP contribution in [-0.4, -0.2) is 75.0 Å². The van der Waals surface area contributed by atoms with Crippen molar-refractivity contribution < 1.29 is 57.2 Å². The van der Waals surface area contributed by atoms with E-state index >= 15 is 0 Å². The van der Waals surface area contributed by atoms with Crippen LogP contribution < -0.4 is 0 Å². The van der Waals surface area contributed by atoms with Gasteiger partial charge < -0.3 is 28.4 Å². The Balaban J connectivity index is 1.28. The Kier molecular flexibility index (Phi) is 32.7. The van der Waals surface area contributed by atoms with Gasteiger partial charge in [-0.15, -0.1) is 0 Å². The summed E-state index contributed by atoms with van der Waals surface area (Å²) >= 11 is 0. The fourth-order valence-electron chi connectivity index (χ4n) is 7.99. The van der Waals surface area contributed by atoms with E-state index in [9.17, 15) is 28.8 Å². The lowest BCUT2D eigenvalue weighted by Crippen LogP contribution is -2.30. The third-order valence-corrected chi connectivity index (χ3v) is 12.8. The van der Waals surface area contributed by atoms with E-state index in [1.165, 1.54) is 0 Å². The van der Waals surface area contributed by atoms with Crippen molar-refractivity contribution in [2.45, 2.75) is 160 Å². The molecular weight excluding hydrogens is 991 g/mol. The van der Waals surface area contributed by atoms with E-state index in [1.54, 1.807) is 72.8 Å². The van der Waals surface area contributed by atoms with Crippen LogP contribution in [0.5, 0.6) is 0 Å². The molecule has 0 saturated carbocycles. The van der Waals surface area contributed by atoms with Gasteiger partial charge in [-0.3, -0.25) is 14.4 Å². The van der Waals surface area contributed by atoms with Crippen molar-refractivity contribution in [3.8, 4) is 18.2 Å². The van der Waals surface area contributed by atoms with Crippen LogP contribution in [0, 0.1) is 34.0 Å². The van der Waals surface area contributed by atoms with E-state index in [0.29, 0.717) is 59.1 Å². The molecule has 0 saturated heterocycles. The average molecular weight is 1070 g/mol. The van der Waals surface area contributed by atoms with Crippen LogP contribution in [0.25, 0.3) is 16.7 Å².